The van der Waals surface area contributed by atoms with E-state index in [4.69, 9.17) is 6.42 Å². The van der Waals surface area contributed by atoms with E-state index in [9.17, 15) is 14.7 Å². The van der Waals surface area contributed by atoms with Gasteiger partial charge in [-0.3, -0.25) is 0 Å². The van der Waals surface area contributed by atoms with Gasteiger partial charge >= 0.3 is 12.0 Å². The number of carbonyl (C=O) groups excluding carboxylic acids is 1. The molecule has 2 N–H and O–H groups in total. The first-order valence-corrected chi connectivity index (χ1v) is 12.1. The summed E-state index contributed by atoms with van der Waals surface area (Å²) in [5.41, 5.74) is 2.80. The van der Waals surface area contributed by atoms with E-state index in [1.54, 1.807) is 6.07 Å². The molecule has 0 radical (unpaired) electrons. The number of amides is 2. The fourth-order valence-corrected chi connectivity index (χ4v) is 5.03. The Morgan fingerprint density at radius 3 is 2.53 bits per heavy atom. The van der Waals surface area contributed by atoms with Gasteiger partial charge in [-0.1, -0.05) is 36.3 Å². The van der Waals surface area contributed by atoms with Gasteiger partial charge < -0.3 is 20.2 Å². The molecule has 2 amide bonds. The molecule has 7 heteroatoms. The number of terminal acetylenes is 1. The number of carboxylic acid groups (broad SMARTS) is 1. The van der Waals surface area contributed by atoms with Crippen LogP contribution in [0.25, 0.3) is 10.4 Å². The van der Waals surface area contributed by atoms with E-state index in [2.05, 4.69) is 22.2 Å². The maximum atomic E-state index is 12.6. The van der Waals surface area contributed by atoms with E-state index in [0.717, 1.165) is 41.2 Å². The number of carboxylic acids is 1. The fourth-order valence-electron chi connectivity index (χ4n) is 4.19. The van der Waals surface area contributed by atoms with Crippen LogP contribution in [0, 0.1) is 18.3 Å². The minimum atomic E-state index is -0.912. The summed E-state index contributed by atoms with van der Waals surface area (Å²) in [6.45, 7) is 2.72. The van der Waals surface area contributed by atoms with Crippen LogP contribution in [-0.2, 0) is 0 Å². The van der Waals surface area contributed by atoms with Crippen molar-refractivity contribution in [1.29, 1.82) is 0 Å². The Morgan fingerprint density at radius 2 is 1.85 bits per heavy atom. The third kappa shape index (κ3) is 5.77. The summed E-state index contributed by atoms with van der Waals surface area (Å²) in [5, 5.41) is 12.2. The third-order valence-corrected chi connectivity index (χ3v) is 7.12. The van der Waals surface area contributed by atoms with Crippen LogP contribution in [0.5, 0.6) is 0 Å². The Labute approximate surface area is 203 Å². The van der Waals surface area contributed by atoms with Crippen molar-refractivity contribution in [2.45, 2.75) is 12.8 Å². The molecule has 0 aliphatic carbocycles. The lowest BCUT2D eigenvalue weighted by Gasteiger charge is -2.35. The molecular formula is C27H27N3O3S. The van der Waals surface area contributed by atoms with E-state index in [1.807, 2.05) is 59.5 Å². The molecule has 1 aliphatic heterocycles. The molecule has 1 aliphatic rings. The first-order valence-electron chi connectivity index (χ1n) is 11.3. The van der Waals surface area contributed by atoms with Crippen molar-refractivity contribution in [3.05, 3.63) is 71.6 Å². The molecule has 0 spiro atoms. The first-order chi connectivity index (χ1) is 16.5. The summed E-state index contributed by atoms with van der Waals surface area (Å²) >= 11 is 1.27. The first kappa shape index (κ1) is 23.4. The summed E-state index contributed by atoms with van der Waals surface area (Å²) in [5.74, 6) is 2.28. The Kier molecular flexibility index (Phi) is 7.51. The number of benzene rings is 2. The number of rotatable bonds is 7. The van der Waals surface area contributed by atoms with Crippen LogP contribution in [0.3, 0.4) is 0 Å². The van der Waals surface area contributed by atoms with E-state index in [1.165, 1.54) is 11.3 Å². The van der Waals surface area contributed by atoms with Crippen LogP contribution in [-0.4, -0.2) is 48.2 Å². The Balaban J connectivity index is 1.38. The number of nitrogens with zero attached hydrogens (tertiary/aromatic N) is 2. The lowest BCUT2D eigenvalue weighted by atomic mass is 9.96. The molecule has 4 rings (SSSR count). The second kappa shape index (κ2) is 10.9. The van der Waals surface area contributed by atoms with Gasteiger partial charge in [0, 0.05) is 35.9 Å². The van der Waals surface area contributed by atoms with E-state index < -0.39 is 5.97 Å². The molecule has 6 nitrogen and oxygen atoms in total. The van der Waals surface area contributed by atoms with Crippen molar-refractivity contribution < 1.29 is 14.7 Å². The van der Waals surface area contributed by atoms with Gasteiger partial charge in [-0.05, 0) is 60.7 Å². The molecule has 34 heavy (non-hydrogen) atoms. The molecule has 1 aromatic heterocycles. The number of urea groups is 1. The number of anilines is 2. The van der Waals surface area contributed by atoms with Crippen LogP contribution in [0.2, 0.25) is 0 Å². The lowest BCUT2D eigenvalue weighted by Crippen LogP contribution is -2.43. The number of hydrogen-bond acceptors (Lipinski definition) is 4. The van der Waals surface area contributed by atoms with Crippen LogP contribution in [0.1, 0.15) is 22.5 Å². The average Bonchev–Trinajstić information content (AvgIpc) is 3.36. The highest BCUT2D eigenvalue weighted by molar-refractivity contribution is 7.17. The number of hydrogen-bond donors (Lipinski definition) is 2. The molecule has 174 valence electrons. The summed E-state index contributed by atoms with van der Waals surface area (Å²) in [6, 6.07) is 21.0. The number of piperidine rings is 1. The second-order valence-corrected chi connectivity index (χ2v) is 9.41. The van der Waals surface area contributed by atoms with Gasteiger partial charge in [0.15, 0.2) is 0 Å². The Bertz CT molecular complexity index is 1180. The number of para-hydroxylation sites is 1. The maximum Gasteiger partial charge on any atom is 0.345 e. The zero-order valence-corrected chi connectivity index (χ0v) is 19.6. The van der Waals surface area contributed by atoms with Crippen molar-refractivity contribution in [1.82, 2.24) is 4.90 Å². The Morgan fingerprint density at radius 1 is 1.09 bits per heavy atom. The highest BCUT2D eigenvalue weighted by Gasteiger charge is 2.24. The van der Waals surface area contributed by atoms with E-state index >= 15 is 0 Å². The second-order valence-electron chi connectivity index (χ2n) is 8.33. The molecule has 2 aromatic carbocycles. The van der Waals surface area contributed by atoms with E-state index in [0.29, 0.717) is 30.4 Å². The predicted octanol–water partition coefficient (Wildman–Crippen LogP) is 5.50. The molecule has 1 fully saturated rings. The average molecular weight is 474 g/mol. The van der Waals surface area contributed by atoms with Crippen molar-refractivity contribution in [3.63, 3.8) is 0 Å². The van der Waals surface area contributed by atoms with Crippen molar-refractivity contribution in [3.8, 4) is 22.8 Å². The third-order valence-electron chi connectivity index (χ3n) is 6.00. The van der Waals surface area contributed by atoms with Gasteiger partial charge in [0.2, 0.25) is 0 Å². The smallest absolute Gasteiger partial charge is 0.345 e. The molecule has 2 heterocycles. The SMILES string of the molecule is C#CCN(CC1CCN(C(=O)Nc2ccccc2)CC1)c1cccc(-c2ccc(C(=O)O)s2)c1. The lowest BCUT2D eigenvalue weighted by molar-refractivity contribution is 0.0702. The fraction of sp³-hybridized carbons (Fsp3) is 0.259. The van der Waals surface area contributed by atoms with Crippen LogP contribution in [0.4, 0.5) is 16.2 Å². The molecule has 0 saturated carbocycles. The molecule has 1 saturated heterocycles. The number of likely N-dealkylation sites (tertiary alicyclic amines) is 1. The highest BCUT2D eigenvalue weighted by atomic mass is 32.1. The zero-order chi connectivity index (χ0) is 23.9. The van der Waals surface area contributed by atoms with Gasteiger partial charge in [0.1, 0.15) is 4.88 Å². The number of aromatic carboxylic acids is 1. The topological polar surface area (TPSA) is 72.9 Å². The van der Waals surface area contributed by atoms with Gasteiger partial charge in [-0.25, -0.2) is 9.59 Å². The van der Waals surface area contributed by atoms with Crippen molar-refractivity contribution >= 4 is 34.7 Å². The predicted molar refractivity (Wildman–Crippen MR) is 138 cm³/mol. The van der Waals surface area contributed by atoms with Crippen LogP contribution < -0.4 is 10.2 Å². The normalized spacial score (nSPS) is 13.8. The molecule has 0 bridgehead atoms. The van der Waals surface area contributed by atoms with Crippen molar-refractivity contribution in [2.24, 2.45) is 5.92 Å². The standard InChI is InChI=1S/C27H27N3O3S/c1-2-15-30(23-10-6-7-21(18-23)24-11-12-25(34-24)26(31)32)19-20-13-16-29(17-14-20)27(33)28-22-8-4-3-5-9-22/h1,3-12,18,20H,13-17,19H2,(H,28,33)(H,31,32). The quantitative estimate of drug-likeness (QED) is 0.445. The van der Waals surface area contributed by atoms with Crippen LogP contribution >= 0.6 is 11.3 Å². The molecule has 0 atom stereocenters. The van der Waals surface area contributed by atoms with Gasteiger partial charge in [-0.15, -0.1) is 17.8 Å². The summed E-state index contributed by atoms with van der Waals surface area (Å²) in [6.07, 6.45) is 7.50. The van der Waals surface area contributed by atoms with Crippen molar-refractivity contribution in [2.75, 3.05) is 36.4 Å². The van der Waals surface area contributed by atoms with Crippen LogP contribution in [0.15, 0.2) is 66.7 Å². The van der Waals surface area contributed by atoms with Gasteiger partial charge in [-0.2, -0.15) is 0 Å². The number of nitrogens with one attached hydrogen (secondary N) is 1. The van der Waals surface area contributed by atoms with E-state index in [-0.39, 0.29) is 6.03 Å². The minimum absolute atomic E-state index is 0.0606. The molecular weight excluding hydrogens is 446 g/mol. The molecule has 0 unspecified atom stereocenters. The number of thiophene rings is 1. The van der Waals surface area contributed by atoms with Gasteiger partial charge in [0.05, 0.1) is 6.54 Å². The minimum Gasteiger partial charge on any atom is -0.477 e. The monoisotopic (exact) mass is 473 g/mol. The molecule has 3 aromatic rings. The number of carbonyl (C=O) groups is 2. The highest BCUT2D eigenvalue weighted by Crippen LogP contribution is 2.31. The zero-order valence-electron chi connectivity index (χ0n) is 18.8. The summed E-state index contributed by atoms with van der Waals surface area (Å²) in [4.78, 5) is 29.1. The van der Waals surface area contributed by atoms with Gasteiger partial charge in [0.25, 0.3) is 0 Å². The summed E-state index contributed by atoms with van der Waals surface area (Å²) < 4.78 is 0. The Hall–Kier alpha value is -3.76. The largest absolute Gasteiger partial charge is 0.477 e. The maximum absolute atomic E-state index is 12.6. The summed E-state index contributed by atoms with van der Waals surface area (Å²) in [7, 11) is 0.